The predicted octanol–water partition coefficient (Wildman–Crippen LogP) is 3.39. The lowest BCUT2D eigenvalue weighted by atomic mass is 10.1. The molecule has 2 aromatic rings. The molecule has 1 aliphatic rings. The van der Waals surface area contributed by atoms with Crippen LogP contribution in [0.2, 0.25) is 0 Å². The summed E-state index contributed by atoms with van der Waals surface area (Å²) >= 11 is 0. The predicted molar refractivity (Wildman–Crippen MR) is 97.5 cm³/mol. The van der Waals surface area contributed by atoms with Gasteiger partial charge in [-0.1, -0.05) is 31.5 Å². The molecule has 0 saturated carbocycles. The van der Waals surface area contributed by atoms with Crippen molar-refractivity contribution in [3.63, 3.8) is 0 Å². The van der Waals surface area contributed by atoms with Gasteiger partial charge in [0.25, 0.3) is 0 Å². The molecular formula is C19H24N4O. The fraction of sp³-hybridized carbons (Fsp3) is 0.368. The molecular weight excluding hydrogens is 300 g/mol. The third-order valence-electron chi connectivity index (χ3n) is 4.23. The first kappa shape index (κ1) is 16.3. The van der Waals surface area contributed by atoms with Gasteiger partial charge in [-0.2, -0.15) is 0 Å². The first-order valence-electron chi connectivity index (χ1n) is 8.58. The number of carbonyl (C=O) groups excluding carboxylic acids is 1. The number of amides is 2. The Balaban J connectivity index is 1.52. The Morgan fingerprint density at radius 3 is 2.67 bits per heavy atom. The topological polar surface area (TPSA) is 48.5 Å². The normalized spacial score (nSPS) is 14.3. The summed E-state index contributed by atoms with van der Waals surface area (Å²) in [6, 6.07) is 14.2. The standard InChI is InChI=1S/C19H24N4O/c1-2-5-16-7-9-17(10-8-16)23-15-14-22(19(23)24)13-12-21-18-6-3-4-11-20-18/h3-4,6-11H,2,5,12-15H2,1H3,(H,20,21). The molecule has 3 rings (SSSR count). The monoisotopic (exact) mass is 324 g/mol. The minimum Gasteiger partial charge on any atom is -0.368 e. The Morgan fingerprint density at radius 1 is 1.12 bits per heavy atom. The minimum atomic E-state index is 0.0843. The van der Waals surface area contributed by atoms with E-state index in [1.807, 2.05) is 28.0 Å². The lowest BCUT2D eigenvalue weighted by molar-refractivity contribution is 0.222. The highest BCUT2D eigenvalue weighted by atomic mass is 16.2. The molecule has 1 aliphatic heterocycles. The maximum Gasteiger partial charge on any atom is 0.324 e. The molecule has 5 nitrogen and oxygen atoms in total. The van der Waals surface area contributed by atoms with Gasteiger partial charge in [-0.15, -0.1) is 0 Å². The summed E-state index contributed by atoms with van der Waals surface area (Å²) in [4.78, 5) is 20.5. The molecule has 0 spiro atoms. The lowest BCUT2D eigenvalue weighted by Gasteiger charge is -2.19. The van der Waals surface area contributed by atoms with E-state index < -0.39 is 0 Å². The molecule has 24 heavy (non-hydrogen) atoms. The minimum absolute atomic E-state index is 0.0843. The molecule has 0 atom stereocenters. The fourth-order valence-corrected chi connectivity index (χ4v) is 2.95. The van der Waals surface area contributed by atoms with Crippen molar-refractivity contribution < 1.29 is 4.79 Å². The summed E-state index contributed by atoms with van der Waals surface area (Å²) in [5.74, 6) is 0.840. The van der Waals surface area contributed by atoms with Crippen LogP contribution in [0.4, 0.5) is 16.3 Å². The van der Waals surface area contributed by atoms with Gasteiger partial charge < -0.3 is 10.2 Å². The van der Waals surface area contributed by atoms with E-state index in [1.54, 1.807) is 6.20 Å². The first-order chi connectivity index (χ1) is 11.8. The van der Waals surface area contributed by atoms with Crippen molar-refractivity contribution >= 4 is 17.5 Å². The van der Waals surface area contributed by atoms with Crippen LogP contribution >= 0.6 is 0 Å². The van der Waals surface area contributed by atoms with Crippen LogP contribution in [-0.4, -0.2) is 42.1 Å². The number of pyridine rings is 1. The SMILES string of the molecule is CCCc1ccc(N2CCN(CCNc3ccccn3)C2=O)cc1. The molecule has 0 radical (unpaired) electrons. The number of benzene rings is 1. The van der Waals surface area contributed by atoms with Gasteiger partial charge in [-0.25, -0.2) is 9.78 Å². The molecule has 0 bridgehead atoms. The fourth-order valence-electron chi connectivity index (χ4n) is 2.95. The molecule has 2 heterocycles. The molecule has 1 aromatic carbocycles. The number of nitrogens with zero attached hydrogens (tertiary/aromatic N) is 3. The summed E-state index contributed by atoms with van der Waals surface area (Å²) in [5.41, 5.74) is 2.31. The Bertz CT molecular complexity index is 657. The van der Waals surface area contributed by atoms with Crippen LogP contribution in [0.1, 0.15) is 18.9 Å². The van der Waals surface area contributed by atoms with E-state index in [2.05, 4.69) is 41.5 Å². The van der Waals surface area contributed by atoms with Crippen LogP contribution in [0.15, 0.2) is 48.7 Å². The number of carbonyl (C=O) groups is 1. The number of hydrogen-bond donors (Lipinski definition) is 1. The zero-order valence-electron chi connectivity index (χ0n) is 14.1. The zero-order chi connectivity index (χ0) is 16.8. The van der Waals surface area contributed by atoms with Crippen molar-refractivity contribution in [3.8, 4) is 0 Å². The second kappa shape index (κ2) is 7.81. The molecule has 0 unspecified atom stereocenters. The van der Waals surface area contributed by atoms with Crippen molar-refractivity contribution in [1.29, 1.82) is 0 Å². The van der Waals surface area contributed by atoms with E-state index in [0.717, 1.165) is 37.4 Å². The van der Waals surface area contributed by atoms with Gasteiger partial charge in [0.05, 0.1) is 0 Å². The highest BCUT2D eigenvalue weighted by Gasteiger charge is 2.28. The average molecular weight is 324 g/mol. The van der Waals surface area contributed by atoms with Gasteiger partial charge in [0.1, 0.15) is 5.82 Å². The van der Waals surface area contributed by atoms with Gasteiger partial charge in [0.15, 0.2) is 0 Å². The van der Waals surface area contributed by atoms with Crippen LogP contribution in [-0.2, 0) is 6.42 Å². The lowest BCUT2D eigenvalue weighted by Crippen LogP contribution is -2.34. The number of anilines is 2. The first-order valence-corrected chi connectivity index (χ1v) is 8.58. The molecule has 1 N–H and O–H groups in total. The summed E-state index contributed by atoms with van der Waals surface area (Å²) in [5, 5.41) is 3.24. The summed E-state index contributed by atoms with van der Waals surface area (Å²) in [6.45, 7) is 5.07. The summed E-state index contributed by atoms with van der Waals surface area (Å²) in [7, 11) is 0. The molecule has 1 aromatic heterocycles. The van der Waals surface area contributed by atoms with Crippen LogP contribution < -0.4 is 10.2 Å². The Kier molecular flexibility index (Phi) is 5.31. The largest absolute Gasteiger partial charge is 0.368 e. The average Bonchev–Trinajstić information content (AvgIpc) is 2.98. The quantitative estimate of drug-likeness (QED) is 0.849. The summed E-state index contributed by atoms with van der Waals surface area (Å²) in [6.07, 6.45) is 3.98. The number of aryl methyl sites for hydroxylation is 1. The van der Waals surface area contributed by atoms with Crippen molar-refractivity contribution in [2.75, 3.05) is 36.4 Å². The van der Waals surface area contributed by atoms with Crippen LogP contribution in [0.3, 0.4) is 0 Å². The molecule has 5 heteroatoms. The van der Waals surface area contributed by atoms with E-state index in [0.29, 0.717) is 13.1 Å². The highest BCUT2D eigenvalue weighted by Crippen LogP contribution is 2.21. The number of aromatic nitrogens is 1. The number of nitrogens with one attached hydrogen (secondary N) is 1. The molecule has 1 saturated heterocycles. The Labute approximate surface area is 143 Å². The summed E-state index contributed by atoms with van der Waals surface area (Å²) < 4.78 is 0. The maximum absolute atomic E-state index is 12.6. The van der Waals surface area contributed by atoms with E-state index in [9.17, 15) is 4.79 Å². The van der Waals surface area contributed by atoms with Gasteiger partial charge in [0, 0.05) is 38.1 Å². The second-order valence-corrected chi connectivity index (χ2v) is 5.98. The van der Waals surface area contributed by atoms with Crippen molar-refractivity contribution in [1.82, 2.24) is 9.88 Å². The van der Waals surface area contributed by atoms with Gasteiger partial charge >= 0.3 is 6.03 Å². The number of rotatable bonds is 7. The number of hydrogen-bond acceptors (Lipinski definition) is 3. The zero-order valence-corrected chi connectivity index (χ0v) is 14.1. The van der Waals surface area contributed by atoms with Crippen molar-refractivity contribution in [2.45, 2.75) is 19.8 Å². The Morgan fingerprint density at radius 2 is 1.96 bits per heavy atom. The van der Waals surface area contributed by atoms with E-state index >= 15 is 0 Å². The third-order valence-corrected chi connectivity index (χ3v) is 4.23. The van der Waals surface area contributed by atoms with Crippen molar-refractivity contribution in [3.05, 3.63) is 54.2 Å². The van der Waals surface area contributed by atoms with Crippen LogP contribution in [0.25, 0.3) is 0 Å². The van der Waals surface area contributed by atoms with Gasteiger partial charge in [-0.05, 0) is 36.2 Å². The highest BCUT2D eigenvalue weighted by molar-refractivity contribution is 5.94. The molecule has 126 valence electrons. The van der Waals surface area contributed by atoms with Gasteiger partial charge in [-0.3, -0.25) is 4.90 Å². The molecule has 0 aliphatic carbocycles. The maximum atomic E-state index is 12.6. The van der Waals surface area contributed by atoms with Crippen molar-refractivity contribution in [2.24, 2.45) is 0 Å². The number of urea groups is 1. The second-order valence-electron chi connectivity index (χ2n) is 5.98. The smallest absolute Gasteiger partial charge is 0.324 e. The van der Waals surface area contributed by atoms with Crippen LogP contribution in [0.5, 0.6) is 0 Å². The van der Waals surface area contributed by atoms with E-state index in [4.69, 9.17) is 0 Å². The van der Waals surface area contributed by atoms with Crippen LogP contribution in [0, 0.1) is 0 Å². The Hall–Kier alpha value is -2.56. The van der Waals surface area contributed by atoms with Gasteiger partial charge in [0.2, 0.25) is 0 Å². The van der Waals surface area contributed by atoms with E-state index in [1.165, 1.54) is 5.56 Å². The molecule has 2 amide bonds. The molecule has 1 fully saturated rings. The van der Waals surface area contributed by atoms with E-state index in [-0.39, 0.29) is 6.03 Å². The third kappa shape index (κ3) is 3.85.